The lowest BCUT2D eigenvalue weighted by Crippen LogP contribution is -2.27. The number of ether oxygens (including phenoxy) is 1. The second kappa shape index (κ2) is 8.89. The summed E-state index contributed by atoms with van der Waals surface area (Å²) in [6, 6.07) is 12.0. The van der Waals surface area contributed by atoms with Crippen molar-refractivity contribution < 1.29 is 9.53 Å². The first-order valence-corrected chi connectivity index (χ1v) is 9.92. The van der Waals surface area contributed by atoms with E-state index in [0.29, 0.717) is 36.7 Å². The third-order valence-corrected chi connectivity index (χ3v) is 5.20. The predicted molar refractivity (Wildman–Crippen MR) is 107 cm³/mol. The van der Waals surface area contributed by atoms with E-state index in [2.05, 4.69) is 16.4 Å². The zero-order valence-electron chi connectivity index (χ0n) is 15.5. The van der Waals surface area contributed by atoms with Gasteiger partial charge in [0, 0.05) is 19.8 Å². The van der Waals surface area contributed by atoms with Crippen LogP contribution in [0.25, 0.3) is 16.7 Å². The molecule has 2 heterocycles. The molecule has 3 rings (SSSR count). The Labute approximate surface area is 162 Å². The number of nitrogens with one attached hydrogen (secondary N) is 1. The molecule has 27 heavy (non-hydrogen) atoms. The van der Waals surface area contributed by atoms with E-state index in [1.54, 1.807) is 0 Å². The van der Waals surface area contributed by atoms with Crippen LogP contribution in [0.5, 0.6) is 0 Å². The molecule has 1 aromatic carbocycles. The van der Waals surface area contributed by atoms with Gasteiger partial charge in [-0.05, 0) is 44.0 Å². The average Bonchev–Trinajstić information content (AvgIpc) is 3.05. The normalized spacial score (nSPS) is 11.0. The van der Waals surface area contributed by atoms with Gasteiger partial charge in [-0.2, -0.15) is 5.26 Å². The lowest BCUT2D eigenvalue weighted by Gasteiger charge is -2.10. The number of hydrogen-bond donors (Lipinski definition) is 1. The summed E-state index contributed by atoms with van der Waals surface area (Å²) in [5.74, 6) is 0.290. The molecule has 0 fully saturated rings. The number of nitriles is 1. The van der Waals surface area contributed by atoms with Gasteiger partial charge < -0.3 is 10.1 Å². The van der Waals surface area contributed by atoms with Crippen molar-refractivity contribution in [2.24, 2.45) is 0 Å². The van der Waals surface area contributed by atoms with Crippen molar-refractivity contribution in [1.82, 2.24) is 14.7 Å². The van der Waals surface area contributed by atoms with Gasteiger partial charge in [0.2, 0.25) is 5.91 Å². The number of imidazole rings is 1. The van der Waals surface area contributed by atoms with Crippen molar-refractivity contribution in [3.63, 3.8) is 0 Å². The summed E-state index contributed by atoms with van der Waals surface area (Å²) in [5, 5.41) is 13.3. The van der Waals surface area contributed by atoms with Crippen molar-refractivity contribution in [2.45, 2.75) is 25.3 Å². The number of benzene rings is 1. The SMILES string of the molecule is CCOCCCNC(=O)CSc1cc(C)c(C#N)c2nc3ccccc3n12. The number of thioether (sulfide) groups is 1. The Bertz CT molecular complexity index is 1010. The van der Waals surface area contributed by atoms with Gasteiger partial charge >= 0.3 is 0 Å². The fraction of sp³-hybridized carbons (Fsp3) is 0.350. The fourth-order valence-corrected chi connectivity index (χ4v) is 3.85. The molecule has 1 N–H and O–H groups in total. The number of rotatable bonds is 8. The van der Waals surface area contributed by atoms with Crippen molar-refractivity contribution in [2.75, 3.05) is 25.5 Å². The average molecular weight is 382 g/mol. The molecule has 7 heteroatoms. The van der Waals surface area contributed by atoms with Crippen LogP contribution in [0.3, 0.4) is 0 Å². The van der Waals surface area contributed by atoms with Gasteiger partial charge in [0.25, 0.3) is 0 Å². The summed E-state index contributed by atoms with van der Waals surface area (Å²) in [6.07, 6.45) is 0.802. The Kier molecular flexibility index (Phi) is 6.32. The molecular weight excluding hydrogens is 360 g/mol. The lowest BCUT2D eigenvalue weighted by atomic mass is 10.2. The molecule has 0 aliphatic heterocycles. The molecule has 1 amide bonds. The van der Waals surface area contributed by atoms with Gasteiger partial charge in [-0.25, -0.2) is 4.98 Å². The van der Waals surface area contributed by atoms with Gasteiger partial charge in [0.05, 0.1) is 27.4 Å². The van der Waals surface area contributed by atoms with E-state index in [1.807, 2.05) is 48.6 Å². The third kappa shape index (κ3) is 4.24. The van der Waals surface area contributed by atoms with E-state index in [4.69, 9.17) is 4.74 Å². The molecular formula is C20H22N4O2S. The molecule has 0 saturated carbocycles. The molecule has 0 aliphatic rings. The molecule has 2 aromatic heterocycles. The molecule has 0 aliphatic carbocycles. The molecule has 0 radical (unpaired) electrons. The summed E-state index contributed by atoms with van der Waals surface area (Å²) in [4.78, 5) is 16.8. The number of amides is 1. The van der Waals surface area contributed by atoms with Crippen LogP contribution < -0.4 is 5.32 Å². The monoisotopic (exact) mass is 382 g/mol. The summed E-state index contributed by atoms with van der Waals surface area (Å²) >= 11 is 1.45. The number of nitrogens with zero attached hydrogens (tertiary/aromatic N) is 3. The van der Waals surface area contributed by atoms with Crippen LogP contribution >= 0.6 is 11.8 Å². The Balaban J connectivity index is 1.80. The van der Waals surface area contributed by atoms with Crippen LogP contribution in [-0.2, 0) is 9.53 Å². The fourth-order valence-electron chi connectivity index (χ4n) is 2.90. The molecule has 6 nitrogen and oxygen atoms in total. The number of pyridine rings is 1. The first-order chi connectivity index (χ1) is 13.2. The second-order valence-corrected chi connectivity index (χ2v) is 7.10. The van der Waals surface area contributed by atoms with Crippen molar-refractivity contribution >= 4 is 34.3 Å². The van der Waals surface area contributed by atoms with E-state index in [-0.39, 0.29) is 5.91 Å². The quantitative estimate of drug-likeness (QED) is 0.478. The molecule has 0 atom stereocenters. The number of carbonyl (C=O) groups excluding carboxylic acids is 1. The van der Waals surface area contributed by atoms with Gasteiger partial charge in [-0.3, -0.25) is 9.20 Å². The smallest absolute Gasteiger partial charge is 0.230 e. The maximum Gasteiger partial charge on any atom is 0.230 e. The number of carbonyl (C=O) groups is 1. The standard InChI is InChI=1S/C20H22N4O2S/c1-3-26-10-6-9-22-18(25)13-27-19-11-14(2)15(12-21)20-23-16-7-4-5-8-17(16)24(19)20/h4-5,7-8,11H,3,6,9-10,13H2,1-2H3,(H,22,25). The topological polar surface area (TPSA) is 79.4 Å². The highest BCUT2D eigenvalue weighted by atomic mass is 32.2. The van der Waals surface area contributed by atoms with Crippen LogP contribution in [0.4, 0.5) is 0 Å². The Morgan fingerprint density at radius 2 is 2.22 bits per heavy atom. The van der Waals surface area contributed by atoms with E-state index >= 15 is 0 Å². The number of hydrogen-bond acceptors (Lipinski definition) is 5. The van der Waals surface area contributed by atoms with Gasteiger partial charge in [0.15, 0.2) is 5.65 Å². The summed E-state index contributed by atoms with van der Waals surface area (Å²) in [7, 11) is 0. The highest BCUT2D eigenvalue weighted by Gasteiger charge is 2.16. The summed E-state index contributed by atoms with van der Waals surface area (Å²) < 4.78 is 7.23. The minimum absolute atomic E-state index is 0.0175. The van der Waals surface area contributed by atoms with Gasteiger partial charge in [-0.1, -0.05) is 23.9 Å². The number of aryl methyl sites for hydroxylation is 1. The zero-order valence-corrected chi connectivity index (χ0v) is 16.3. The Morgan fingerprint density at radius 3 is 3.00 bits per heavy atom. The second-order valence-electron chi connectivity index (χ2n) is 6.10. The largest absolute Gasteiger partial charge is 0.382 e. The van der Waals surface area contributed by atoms with E-state index < -0.39 is 0 Å². The van der Waals surface area contributed by atoms with Crippen LogP contribution in [0, 0.1) is 18.3 Å². The van der Waals surface area contributed by atoms with Crippen LogP contribution in [0.2, 0.25) is 0 Å². The molecule has 0 unspecified atom stereocenters. The van der Waals surface area contributed by atoms with Crippen LogP contribution in [-0.4, -0.2) is 40.8 Å². The molecule has 0 spiro atoms. The number of fused-ring (bicyclic) bond motifs is 3. The van der Waals surface area contributed by atoms with Crippen molar-refractivity contribution in [3.05, 3.63) is 41.5 Å². The Morgan fingerprint density at radius 1 is 1.41 bits per heavy atom. The minimum atomic E-state index is -0.0175. The molecule has 3 aromatic rings. The molecule has 0 bridgehead atoms. The van der Waals surface area contributed by atoms with E-state index in [9.17, 15) is 10.1 Å². The number of para-hydroxylation sites is 2. The van der Waals surface area contributed by atoms with Crippen molar-refractivity contribution in [3.8, 4) is 6.07 Å². The lowest BCUT2D eigenvalue weighted by molar-refractivity contribution is -0.118. The van der Waals surface area contributed by atoms with E-state index in [1.165, 1.54) is 11.8 Å². The van der Waals surface area contributed by atoms with Crippen LogP contribution in [0.15, 0.2) is 35.4 Å². The first-order valence-electron chi connectivity index (χ1n) is 8.93. The molecule has 0 saturated heterocycles. The third-order valence-electron chi connectivity index (χ3n) is 4.19. The minimum Gasteiger partial charge on any atom is -0.382 e. The highest BCUT2D eigenvalue weighted by molar-refractivity contribution is 7.99. The predicted octanol–water partition coefficient (Wildman–Crippen LogP) is 3.30. The van der Waals surface area contributed by atoms with Crippen LogP contribution in [0.1, 0.15) is 24.5 Å². The maximum absolute atomic E-state index is 12.1. The first kappa shape index (κ1) is 19.2. The number of aromatic nitrogens is 2. The maximum atomic E-state index is 12.1. The highest BCUT2D eigenvalue weighted by Crippen LogP contribution is 2.29. The van der Waals surface area contributed by atoms with Gasteiger partial charge in [0.1, 0.15) is 6.07 Å². The van der Waals surface area contributed by atoms with Crippen molar-refractivity contribution in [1.29, 1.82) is 5.26 Å². The molecule has 140 valence electrons. The summed E-state index contributed by atoms with van der Waals surface area (Å²) in [5.41, 5.74) is 3.83. The Hall–Kier alpha value is -2.56. The van der Waals surface area contributed by atoms with E-state index in [0.717, 1.165) is 28.0 Å². The summed E-state index contributed by atoms with van der Waals surface area (Å²) in [6.45, 7) is 5.80. The van der Waals surface area contributed by atoms with Gasteiger partial charge in [-0.15, -0.1) is 0 Å². The zero-order chi connectivity index (χ0) is 19.2.